The lowest BCUT2D eigenvalue weighted by molar-refractivity contribution is 0.597. The summed E-state index contributed by atoms with van der Waals surface area (Å²) in [5.41, 5.74) is 1.11. The fraction of sp³-hybridized carbons (Fsp3) is 0.176. The average molecular weight is 320 g/mol. The molecule has 1 atom stereocenters. The fourth-order valence-corrected chi connectivity index (χ4v) is 3.75. The number of benzene rings is 2. The Morgan fingerprint density at radius 1 is 1.10 bits per heavy atom. The summed E-state index contributed by atoms with van der Waals surface area (Å²) < 4.78 is 14.7. The average Bonchev–Trinajstić information content (AvgIpc) is 2.91. The van der Waals surface area contributed by atoms with Crippen molar-refractivity contribution in [3.63, 3.8) is 0 Å². The van der Waals surface area contributed by atoms with Crippen LogP contribution in [-0.2, 0) is 6.42 Å². The second-order valence-corrected chi connectivity index (χ2v) is 6.73. The first-order chi connectivity index (χ1) is 10.2. The predicted molar refractivity (Wildman–Crippen MR) is 88.7 cm³/mol. The van der Waals surface area contributed by atoms with E-state index in [1.54, 1.807) is 17.4 Å². The van der Waals surface area contributed by atoms with Gasteiger partial charge in [-0.25, -0.2) is 4.39 Å². The molecule has 1 nitrogen and oxygen atoms in total. The van der Waals surface area contributed by atoms with Gasteiger partial charge in [-0.2, -0.15) is 0 Å². The smallest absolute Gasteiger partial charge is 0.131 e. The Morgan fingerprint density at radius 3 is 2.52 bits per heavy atom. The molecule has 21 heavy (non-hydrogen) atoms. The molecular formula is C17H15ClFNS. The summed E-state index contributed by atoms with van der Waals surface area (Å²) in [4.78, 5) is 1.22. The second-order valence-electron chi connectivity index (χ2n) is 4.93. The zero-order valence-electron chi connectivity index (χ0n) is 11.6. The molecule has 0 aliphatic rings. The minimum atomic E-state index is -0.177. The maximum absolute atomic E-state index is 13.9. The molecule has 1 N–H and O–H groups in total. The van der Waals surface area contributed by atoms with Gasteiger partial charge < -0.3 is 5.32 Å². The molecule has 1 unspecified atom stereocenters. The van der Waals surface area contributed by atoms with Crippen molar-refractivity contribution in [1.29, 1.82) is 0 Å². The molecule has 4 heteroatoms. The number of halogens is 2. The van der Waals surface area contributed by atoms with Crippen LogP contribution in [0, 0.1) is 5.82 Å². The van der Waals surface area contributed by atoms with Crippen molar-refractivity contribution in [1.82, 2.24) is 5.32 Å². The van der Waals surface area contributed by atoms with E-state index in [0.29, 0.717) is 5.39 Å². The third kappa shape index (κ3) is 2.95. The number of rotatable bonds is 4. The molecular weight excluding hydrogens is 305 g/mol. The van der Waals surface area contributed by atoms with E-state index in [-0.39, 0.29) is 11.9 Å². The number of nitrogens with one attached hydrogen (secondary N) is 1. The van der Waals surface area contributed by atoms with E-state index < -0.39 is 0 Å². The van der Waals surface area contributed by atoms with Gasteiger partial charge in [-0.3, -0.25) is 0 Å². The molecule has 0 radical (unpaired) electrons. The highest BCUT2D eigenvalue weighted by Gasteiger charge is 2.15. The van der Waals surface area contributed by atoms with E-state index in [0.717, 1.165) is 21.7 Å². The van der Waals surface area contributed by atoms with E-state index >= 15 is 0 Å². The molecule has 0 spiro atoms. The van der Waals surface area contributed by atoms with Crippen LogP contribution in [0.25, 0.3) is 10.8 Å². The zero-order valence-corrected chi connectivity index (χ0v) is 13.1. The van der Waals surface area contributed by atoms with E-state index in [4.69, 9.17) is 11.6 Å². The molecule has 1 heterocycles. The molecule has 0 aliphatic heterocycles. The Labute approximate surface area is 132 Å². The highest BCUT2D eigenvalue weighted by atomic mass is 35.5. The van der Waals surface area contributed by atoms with Crippen LogP contribution < -0.4 is 5.32 Å². The number of hydrogen-bond acceptors (Lipinski definition) is 2. The molecule has 2 aromatic carbocycles. The van der Waals surface area contributed by atoms with Crippen LogP contribution in [0.5, 0.6) is 0 Å². The van der Waals surface area contributed by atoms with Crippen LogP contribution in [0.1, 0.15) is 16.5 Å². The minimum Gasteiger partial charge on any atom is -0.313 e. The topological polar surface area (TPSA) is 12.0 Å². The van der Waals surface area contributed by atoms with Crippen molar-refractivity contribution in [2.24, 2.45) is 0 Å². The third-order valence-corrected chi connectivity index (χ3v) is 4.92. The van der Waals surface area contributed by atoms with Crippen LogP contribution >= 0.6 is 22.9 Å². The number of fused-ring (bicyclic) bond motifs is 1. The van der Waals surface area contributed by atoms with Crippen molar-refractivity contribution >= 4 is 33.7 Å². The predicted octanol–water partition coefficient (Wildman–Crippen LogP) is 5.20. The minimum absolute atomic E-state index is 0.130. The molecule has 0 amide bonds. The maximum Gasteiger partial charge on any atom is 0.131 e. The number of likely N-dealkylation sites (N-methyl/N-ethyl adjacent to an activating group) is 1. The summed E-state index contributed by atoms with van der Waals surface area (Å²) in [6.45, 7) is 0. The van der Waals surface area contributed by atoms with Crippen LogP contribution in [0.4, 0.5) is 4.39 Å². The van der Waals surface area contributed by atoms with Gasteiger partial charge in [0.05, 0.1) is 4.34 Å². The lowest BCUT2D eigenvalue weighted by Gasteiger charge is -2.18. The Morgan fingerprint density at radius 2 is 1.86 bits per heavy atom. The van der Waals surface area contributed by atoms with Crippen molar-refractivity contribution in [3.05, 3.63) is 69.1 Å². The monoisotopic (exact) mass is 319 g/mol. The molecule has 0 aliphatic carbocycles. The first-order valence-corrected chi connectivity index (χ1v) is 7.97. The highest BCUT2D eigenvalue weighted by Crippen LogP contribution is 2.31. The Hall–Kier alpha value is -1.42. The van der Waals surface area contributed by atoms with Gasteiger partial charge in [-0.05, 0) is 36.2 Å². The standard InChI is InChI=1S/C17H15ClFNS/c1-20-16(10-11-6-9-17(18)21-11)14-7-8-15(19)13-5-3-2-4-12(13)14/h2-9,16,20H,10H2,1H3. The van der Waals surface area contributed by atoms with Crippen molar-refractivity contribution in [2.45, 2.75) is 12.5 Å². The first kappa shape index (κ1) is 14.5. The quantitative estimate of drug-likeness (QED) is 0.697. The van der Waals surface area contributed by atoms with Gasteiger partial charge in [0.2, 0.25) is 0 Å². The molecule has 108 valence electrons. The van der Waals surface area contributed by atoms with Gasteiger partial charge in [-0.15, -0.1) is 11.3 Å². The molecule has 0 saturated heterocycles. The molecule has 3 rings (SSSR count). The SMILES string of the molecule is CNC(Cc1ccc(Cl)s1)c1ccc(F)c2ccccc12. The highest BCUT2D eigenvalue weighted by molar-refractivity contribution is 7.16. The zero-order chi connectivity index (χ0) is 14.8. The molecule has 0 fully saturated rings. The van der Waals surface area contributed by atoms with Gasteiger partial charge in [0.1, 0.15) is 5.82 Å². The van der Waals surface area contributed by atoms with E-state index in [9.17, 15) is 4.39 Å². The summed E-state index contributed by atoms with van der Waals surface area (Å²) in [6.07, 6.45) is 0.837. The van der Waals surface area contributed by atoms with Crippen molar-refractivity contribution < 1.29 is 4.39 Å². The normalized spacial score (nSPS) is 12.7. The summed E-state index contributed by atoms with van der Waals surface area (Å²) in [6, 6.07) is 15.1. The van der Waals surface area contributed by atoms with Crippen molar-refractivity contribution in [2.75, 3.05) is 7.05 Å². The van der Waals surface area contributed by atoms with Gasteiger partial charge >= 0.3 is 0 Å². The Kier molecular flexibility index (Phi) is 4.24. The summed E-state index contributed by atoms with van der Waals surface area (Å²) >= 11 is 7.58. The van der Waals surface area contributed by atoms with Crippen LogP contribution in [0.2, 0.25) is 4.34 Å². The maximum atomic E-state index is 13.9. The summed E-state index contributed by atoms with van der Waals surface area (Å²) in [5, 5.41) is 4.95. The largest absolute Gasteiger partial charge is 0.313 e. The summed E-state index contributed by atoms with van der Waals surface area (Å²) in [7, 11) is 1.93. The second kappa shape index (κ2) is 6.14. The van der Waals surface area contributed by atoms with E-state index in [2.05, 4.69) is 5.32 Å². The number of thiophene rings is 1. The van der Waals surface area contributed by atoms with Gasteiger partial charge in [-0.1, -0.05) is 41.9 Å². The van der Waals surface area contributed by atoms with Crippen molar-refractivity contribution in [3.8, 4) is 0 Å². The third-order valence-electron chi connectivity index (χ3n) is 3.66. The Balaban J connectivity index is 2.03. The van der Waals surface area contributed by atoms with Gasteiger partial charge in [0, 0.05) is 22.7 Å². The lowest BCUT2D eigenvalue weighted by atomic mass is 9.96. The molecule has 1 aromatic heterocycles. The van der Waals surface area contributed by atoms with Crippen LogP contribution in [0.15, 0.2) is 48.5 Å². The van der Waals surface area contributed by atoms with E-state index in [1.807, 2.05) is 49.5 Å². The van der Waals surface area contributed by atoms with E-state index in [1.165, 1.54) is 4.88 Å². The first-order valence-electron chi connectivity index (χ1n) is 6.77. The molecule has 0 bridgehead atoms. The fourth-order valence-electron chi connectivity index (χ4n) is 2.62. The van der Waals surface area contributed by atoms with Gasteiger partial charge in [0.25, 0.3) is 0 Å². The Bertz CT molecular complexity index is 768. The van der Waals surface area contributed by atoms with Crippen LogP contribution in [0.3, 0.4) is 0 Å². The molecule has 0 saturated carbocycles. The van der Waals surface area contributed by atoms with Crippen LogP contribution in [-0.4, -0.2) is 7.05 Å². The lowest BCUT2D eigenvalue weighted by Crippen LogP contribution is -2.18. The van der Waals surface area contributed by atoms with Gasteiger partial charge in [0.15, 0.2) is 0 Å². The molecule has 3 aromatic rings. The summed E-state index contributed by atoms with van der Waals surface area (Å²) in [5.74, 6) is -0.177. The number of hydrogen-bond donors (Lipinski definition) is 1.